The molecule has 0 amide bonds. The summed E-state index contributed by atoms with van der Waals surface area (Å²) in [5, 5.41) is 0. The van der Waals surface area contributed by atoms with Gasteiger partial charge in [-0.05, 0) is 12.8 Å². The number of rotatable bonds is 18. The number of carbonyl (C=O) groups excluding carboxylic acids is 2. The quantitative estimate of drug-likeness (QED) is 0.130. The lowest BCUT2D eigenvalue weighted by Gasteiger charge is -2.27. The van der Waals surface area contributed by atoms with E-state index in [0.29, 0.717) is 29.0 Å². The first-order valence-corrected chi connectivity index (χ1v) is 13.9. The second-order valence-corrected chi connectivity index (χ2v) is 12.2. The number of ether oxygens (including phenoxy) is 2. The minimum absolute atomic E-state index is 0.0584. The molecule has 2 atom stereocenters. The van der Waals surface area contributed by atoms with Crippen molar-refractivity contribution in [2.45, 2.75) is 58.8 Å². The van der Waals surface area contributed by atoms with Gasteiger partial charge in [-0.1, -0.05) is 50.9 Å². The topological polar surface area (TPSA) is 102 Å². The van der Waals surface area contributed by atoms with Crippen molar-refractivity contribution in [3.63, 3.8) is 0 Å². The minimum Gasteiger partial charge on any atom is -0.770 e. The molecule has 0 heterocycles. The average molecular weight is 470 g/mol. The molecule has 0 aliphatic heterocycles. The summed E-state index contributed by atoms with van der Waals surface area (Å²) in [6, 6.07) is 0. The van der Waals surface area contributed by atoms with Crippen LogP contribution in [0.5, 0.6) is 0 Å². The standard InChI is InChI=1S/C20H40NO7PS/c1-6-8-10-13-26-19(22)16-18(20(23)27-14-11-9-7-2)17-30-29(24,25)28-15-12-21(3,4)5/h18H,6-17H2,1-5H3. The maximum Gasteiger partial charge on any atom is 0.310 e. The number of likely N-dealkylation sites (N-methyl/N-ethyl adjacent to an activating group) is 1. The van der Waals surface area contributed by atoms with E-state index in [1.165, 1.54) is 0 Å². The predicted octanol–water partition coefficient (Wildman–Crippen LogP) is 3.38. The van der Waals surface area contributed by atoms with Crippen LogP contribution < -0.4 is 4.89 Å². The number of carbonyl (C=O) groups is 2. The highest BCUT2D eigenvalue weighted by Gasteiger charge is 2.27. The van der Waals surface area contributed by atoms with Gasteiger partial charge in [-0.25, -0.2) is 0 Å². The number of esters is 2. The Morgan fingerprint density at radius 2 is 1.53 bits per heavy atom. The molecule has 0 aromatic rings. The molecule has 0 saturated carbocycles. The summed E-state index contributed by atoms with van der Waals surface area (Å²) >= 11 is 0.546. The summed E-state index contributed by atoms with van der Waals surface area (Å²) in [6.07, 6.45) is 5.18. The van der Waals surface area contributed by atoms with Crippen molar-refractivity contribution in [1.82, 2.24) is 0 Å². The van der Waals surface area contributed by atoms with E-state index in [-0.39, 0.29) is 25.4 Å². The van der Waals surface area contributed by atoms with Crippen molar-refractivity contribution in [2.24, 2.45) is 5.92 Å². The van der Waals surface area contributed by atoms with Crippen LogP contribution in [0.4, 0.5) is 0 Å². The van der Waals surface area contributed by atoms with Crippen LogP contribution in [0.2, 0.25) is 0 Å². The van der Waals surface area contributed by atoms with Crippen molar-refractivity contribution in [3.05, 3.63) is 0 Å². The summed E-state index contributed by atoms with van der Waals surface area (Å²) < 4.78 is 28.2. The van der Waals surface area contributed by atoms with Gasteiger partial charge in [0.05, 0.1) is 46.7 Å². The molecule has 0 aromatic heterocycles. The highest BCUT2D eigenvalue weighted by Crippen LogP contribution is 2.52. The molecule has 0 rings (SSSR count). The highest BCUT2D eigenvalue weighted by atomic mass is 32.7. The van der Waals surface area contributed by atoms with Crippen LogP contribution >= 0.6 is 18.2 Å². The van der Waals surface area contributed by atoms with Crippen LogP contribution in [-0.4, -0.2) is 69.7 Å². The zero-order chi connectivity index (χ0) is 23.0. The molecule has 0 N–H and O–H groups in total. The van der Waals surface area contributed by atoms with Crippen LogP contribution in [-0.2, 0) is 28.2 Å². The van der Waals surface area contributed by atoms with E-state index in [9.17, 15) is 19.0 Å². The molecule has 0 bridgehead atoms. The van der Waals surface area contributed by atoms with Gasteiger partial charge in [0.1, 0.15) is 13.2 Å². The van der Waals surface area contributed by atoms with Crippen LogP contribution in [0.25, 0.3) is 0 Å². The molecular formula is C20H40NO7PS. The van der Waals surface area contributed by atoms with Crippen molar-refractivity contribution >= 4 is 30.1 Å². The van der Waals surface area contributed by atoms with Crippen molar-refractivity contribution in [2.75, 3.05) is 53.3 Å². The lowest BCUT2D eigenvalue weighted by Crippen LogP contribution is -2.37. The van der Waals surface area contributed by atoms with Gasteiger partial charge in [-0.3, -0.25) is 14.2 Å². The van der Waals surface area contributed by atoms with Gasteiger partial charge in [0.25, 0.3) is 0 Å². The minimum atomic E-state index is -4.19. The summed E-state index contributed by atoms with van der Waals surface area (Å²) in [5.41, 5.74) is 0. The average Bonchev–Trinajstić information content (AvgIpc) is 2.64. The van der Waals surface area contributed by atoms with E-state index in [0.717, 1.165) is 38.5 Å². The molecule has 0 saturated heterocycles. The fourth-order valence-corrected chi connectivity index (χ4v) is 4.83. The second kappa shape index (κ2) is 16.1. The first-order chi connectivity index (χ1) is 14.0. The third-order valence-electron chi connectivity index (χ3n) is 4.19. The van der Waals surface area contributed by atoms with Gasteiger partial charge in [-0.15, -0.1) is 0 Å². The fourth-order valence-electron chi connectivity index (χ4n) is 2.30. The summed E-state index contributed by atoms with van der Waals surface area (Å²) in [5.74, 6) is -2.09. The van der Waals surface area contributed by atoms with E-state index >= 15 is 0 Å². The summed E-state index contributed by atoms with van der Waals surface area (Å²) in [7, 11) is 5.80. The van der Waals surface area contributed by atoms with Gasteiger partial charge in [0.2, 0.25) is 0 Å². The Kier molecular flexibility index (Phi) is 15.8. The highest BCUT2D eigenvalue weighted by molar-refractivity contribution is 8.54. The molecule has 8 nitrogen and oxygen atoms in total. The molecule has 178 valence electrons. The molecule has 0 aliphatic rings. The maximum atomic E-state index is 12.4. The SMILES string of the molecule is CCCCCOC(=O)CC(CSP(=O)([O-])OCC[N+](C)(C)C)C(=O)OCCCCC. The third-order valence-corrected chi connectivity index (χ3v) is 7.27. The van der Waals surface area contributed by atoms with Gasteiger partial charge in [0, 0.05) is 5.75 Å². The Balaban J connectivity index is 4.70. The van der Waals surface area contributed by atoms with Crippen molar-refractivity contribution in [1.29, 1.82) is 0 Å². The van der Waals surface area contributed by atoms with E-state index in [1.54, 1.807) is 0 Å². The molecule has 0 aromatic carbocycles. The largest absolute Gasteiger partial charge is 0.770 e. The molecule has 0 aliphatic carbocycles. The maximum absolute atomic E-state index is 12.4. The van der Waals surface area contributed by atoms with E-state index in [1.807, 2.05) is 35.0 Å². The van der Waals surface area contributed by atoms with E-state index in [2.05, 4.69) is 0 Å². The monoisotopic (exact) mass is 469 g/mol. The second-order valence-electron chi connectivity index (χ2n) is 8.29. The number of quaternary nitrogens is 1. The zero-order valence-electron chi connectivity index (χ0n) is 19.2. The van der Waals surface area contributed by atoms with Crippen LogP contribution in [0.3, 0.4) is 0 Å². The zero-order valence-corrected chi connectivity index (χ0v) is 20.9. The number of unbranched alkanes of at least 4 members (excludes halogenated alkanes) is 4. The molecule has 0 spiro atoms. The summed E-state index contributed by atoms with van der Waals surface area (Å²) in [6.45, 7) is 1.05. The Morgan fingerprint density at radius 3 is 2.07 bits per heavy atom. The van der Waals surface area contributed by atoms with Gasteiger partial charge < -0.3 is 23.4 Å². The Morgan fingerprint density at radius 1 is 0.967 bits per heavy atom. The van der Waals surface area contributed by atoms with Crippen molar-refractivity contribution in [3.8, 4) is 0 Å². The number of hydrogen-bond donors (Lipinski definition) is 0. The van der Waals surface area contributed by atoms with E-state index < -0.39 is 24.7 Å². The normalized spacial score (nSPS) is 14.7. The Labute approximate surface area is 185 Å². The predicted molar refractivity (Wildman–Crippen MR) is 118 cm³/mol. The van der Waals surface area contributed by atoms with E-state index in [4.69, 9.17) is 14.0 Å². The van der Waals surface area contributed by atoms with Gasteiger partial charge >= 0.3 is 11.9 Å². The Hall–Kier alpha value is -0.600. The van der Waals surface area contributed by atoms with Gasteiger partial charge in [-0.2, -0.15) is 0 Å². The fraction of sp³-hybridized carbons (Fsp3) is 0.900. The third kappa shape index (κ3) is 17.1. The lowest BCUT2D eigenvalue weighted by atomic mass is 10.1. The molecule has 0 fully saturated rings. The van der Waals surface area contributed by atoms with Crippen LogP contribution in [0.15, 0.2) is 0 Å². The molecule has 2 unspecified atom stereocenters. The lowest BCUT2D eigenvalue weighted by molar-refractivity contribution is -0.870. The van der Waals surface area contributed by atoms with Gasteiger partial charge in [0.15, 0.2) is 6.80 Å². The van der Waals surface area contributed by atoms with Crippen LogP contribution in [0.1, 0.15) is 58.8 Å². The molecule has 0 radical (unpaired) electrons. The first-order valence-electron chi connectivity index (χ1n) is 10.7. The smallest absolute Gasteiger partial charge is 0.310 e. The van der Waals surface area contributed by atoms with Crippen molar-refractivity contribution < 1.29 is 37.5 Å². The number of nitrogens with zero attached hydrogens (tertiary/aromatic N) is 1. The molecule has 30 heavy (non-hydrogen) atoms. The first kappa shape index (κ1) is 29.4. The molecule has 10 heteroatoms. The molecular weight excluding hydrogens is 429 g/mol. The Bertz CT molecular complexity index is 540. The van der Waals surface area contributed by atoms with Crippen LogP contribution in [0, 0.1) is 5.92 Å². The number of hydrogen-bond acceptors (Lipinski definition) is 8. The summed E-state index contributed by atoms with van der Waals surface area (Å²) in [4.78, 5) is 36.7.